The van der Waals surface area contributed by atoms with Gasteiger partial charge in [-0.2, -0.15) is 0 Å². The molecule has 23 heavy (non-hydrogen) atoms. The van der Waals surface area contributed by atoms with Gasteiger partial charge in [-0.05, 0) is 68.9 Å². The summed E-state index contributed by atoms with van der Waals surface area (Å²) < 4.78 is 0.798. The van der Waals surface area contributed by atoms with Gasteiger partial charge in [0.15, 0.2) is 11.6 Å². The van der Waals surface area contributed by atoms with Crippen molar-refractivity contribution in [1.29, 1.82) is 0 Å². The molecule has 0 bridgehead atoms. The summed E-state index contributed by atoms with van der Waals surface area (Å²) in [7, 11) is 0. The van der Waals surface area contributed by atoms with Crippen molar-refractivity contribution in [2.75, 3.05) is 36.4 Å². The zero-order valence-electron chi connectivity index (χ0n) is 14.5. The fraction of sp³-hybridized carbons (Fsp3) is 0.765. The van der Waals surface area contributed by atoms with Gasteiger partial charge in [0.2, 0.25) is 0 Å². The quantitative estimate of drug-likeness (QED) is 0.867. The van der Waals surface area contributed by atoms with Gasteiger partial charge in [-0.15, -0.1) is 0 Å². The van der Waals surface area contributed by atoms with Crippen LogP contribution in [0.3, 0.4) is 0 Å². The molecule has 0 radical (unpaired) electrons. The van der Waals surface area contributed by atoms with Gasteiger partial charge in [0.1, 0.15) is 4.60 Å². The molecule has 0 aromatic carbocycles. The Labute approximate surface area is 148 Å². The van der Waals surface area contributed by atoms with Crippen molar-refractivity contribution >= 4 is 27.6 Å². The summed E-state index contributed by atoms with van der Waals surface area (Å²) in [6.45, 7) is 11.3. The van der Waals surface area contributed by atoms with E-state index in [1.807, 2.05) is 0 Å². The number of anilines is 2. The molecule has 1 aromatic rings. The summed E-state index contributed by atoms with van der Waals surface area (Å²) in [5, 5.41) is 3.68. The third-order valence-corrected chi connectivity index (χ3v) is 5.22. The highest BCUT2D eigenvalue weighted by molar-refractivity contribution is 9.10. The van der Waals surface area contributed by atoms with Crippen molar-refractivity contribution in [3.05, 3.63) is 10.8 Å². The third-order valence-electron chi connectivity index (χ3n) is 4.84. The molecule has 0 amide bonds. The highest BCUT2D eigenvalue weighted by atomic mass is 79.9. The summed E-state index contributed by atoms with van der Waals surface area (Å²) in [5.74, 6) is 1.95. The average molecular weight is 382 g/mol. The lowest BCUT2D eigenvalue weighted by atomic mass is 9.98. The maximum absolute atomic E-state index is 4.68. The van der Waals surface area contributed by atoms with Gasteiger partial charge in [-0.1, -0.05) is 0 Å². The monoisotopic (exact) mass is 381 g/mol. The topological polar surface area (TPSA) is 44.3 Å². The Morgan fingerprint density at radius 1 is 1.17 bits per heavy atom. The standard InChI is InChI=1S/C17H28BrN5/c1-17(2,3)23-10-6-7-13(12-23)20-15-16(19-11-14(18)21-15)22-8-4-5-9-22/h11,13H,4-10,12H2,1-3H3,(H,20,21). The third kappa shape index (κ3) is 4.15. The molecule has 2 saturated heterocycles. The minimum absolute atomic E-state index is 0.223. The molecule has 6 heteroatoms. The van der Waals surface area contributed by atoms with E-state index in [0.29, 0.717) is 6.04 Å². The van der Waals surface area contributed by atoms with Crippen LogP contribution in [0.4, 0.5) is 11.6 Å². The van der Waals surface area contributed by atoms with Crippen LogP contribution in [0.1, 0.15) is 46.5 Å². The van der Waals surface area contributed by atoms with Gasteiger partial charge in [0, 0.05) is 31.2 Å². The fourth-order valence-electron chi connectivity index (χ4n) is 3.52. The second kappa shape index (κ2) is 6.93. The van der Waals surface area contributed by atoms with E-state index in [9.17, 15) is 0 Å². The zero-order valence-corrected chi connectivity index (χ0v) is 16.1. The van der Waals surface area contributed by atoms with E-state index in [0.717, 1.165) is 35.9 Å². The Kier molecular flexibility index (Phi) is 5.11. The number of halogens is 1. The smallest absolute Gasteiger partial charge is 0.171 e. The number of hydrogen-bond donors (Lipinski definition) is 1. The zero-order chi connectivity index (χ0) is 16.4. The first-order valence-corrected chi connectivity index (χ1v) is 9.52. The number of nitrogens with one attached hydrogen (secondary N) is 1. The molecule has 3 rings (SSSR count). The molecule has 2 aliphatic heterocycles. The van der Waals surface area contributed by atoms with Gasteiger partial charge in [-0.3, -0.25) is 4.90 Å². The molecule has 1 N–H and O–H groups in total. The summed E-state index contributed by atoms with van der Waals surface area (Å²) in [4.78, 5) is 14.2. The Morgan fingerprint density at radius 3 is 2.61 bits per heavy atom. The van der Waals surface area contributed by atoms with Crippen LogP contribution < -0.4 is 10.2 Å². The van der Waals surface area contributed by atoms with Crippen molar-refractivity contribution < 1.29 is 0 Å². The molecule has 1 aromatic heterocycles. The molecule has 128 valence electrons. The van der Waals surface area contributed by atoms with Crippen molar-refractivity contribution in [3.63, 3.8) is 0 Å². The van der Waals surface area contributed by atoms with E-state index in [1.165, 1.54) is 32.2 Å². The van der Waals surface area contributed by atoms with Crippen molar-refractivity contribution in [3.8, 4) is 0 Å². The predicted octanol–water partition coefficient (Wildman–Crippen LogP) is 3.51. The number of hydrogen-bond acceptors (Lipinski definition) is 5. The van der Waals surface area contributed by atoms with Crippen LogP contribution in [0, 0.1) is 0 Å². The maximum atomic E-state index is 4.68. The van der Waals surface area contributed by atoms with Crippen LogP contribution in [-0.4, -0.2) is 52.6 Å². The lowest BCUT2D eigenvalue weighted by molar-refractivity contribution is 0.104. The molecule has 5 nitrogen and oxygen atoms in total. The Bertz CT molecular complexity index is 536. The van der Waals surface area contributed by atoms with Crippen LogP contribution in [-0.2, 0) is 0 Å². The Morgan fingerprint density at radius 2 is 1.91 bits per heavy atom. The number of rotatable bonds is 3. The van der Waals surface area contributed by atoms with Crippen molar-refractivity contribution in [1.82, 2.24) is 14.9 Å². The SMILES string of the molecule is CC(C)(C)N1CCCC(Nc2nc(Br)cnc2N2CCCC2)C1. The second-order valence-electron chi connectivity index (χ2n) is 7.66. The summed E-state index contributed by atoms with van der Waals surface area (Å²) >= 11 is 3.47. The molecule has 2 fully saturated rings. The lowest BCUT2D eigenvalue weighted by Crippen LogP contribution is -2.50. The van der Waals surface area contributed by atoms with Crippen LogP contribution in [0.25, 0.3) is 0 Å². The second-order valence-corrected chi connectivity index (χ2v) is 8.47. The summed E-state index contributed by atoms with van der Waals surface area (Å²) in [6, 6.07) is 0.438. The Hall–Kier alpha value is -0.880. The lowest BCUT2D eigenvalue weighted by Gasteiger charge is -2.42. The highest BCUT2D eigenvalue weighted by Crippen LogP contribution is 2.29. The molecule has 0 saturated carbocycles. The molecule has 1 unspecified atom stereocenters. The van der Waals surface area contributed by atoms with Gasteiger partial charge >= 0.3 is 0 Å². The first kappa shape index (κ1) is 17.0. The van der Waals surface area contributed by atoms with E-state index in [1.54, 1.807) is 6.20 Å². The van der Waals surface area contributed by atoms with Gasteiger partial charge in [0.25, 0.3) is 0 Å². The number of aromatic nitrogens is 2. The normalized spacial score (nSPS) is 23.3. The van der Waals surface area contributed by atoms with Gasteiger partial charge < -0.3 is 10.2 Å². The molecular weight excluding hydrogens is 354 g/mol. The highest BCUT2D eigenvalue weighted by Gasteiger charge is 2.29. The molecular formula is C17H28BrN5. The van der Waals surface area contributed by atoms with E-state index >= 15 is 0 Å². The van der Waals surface area contributed by atoms with E-state index in [2.05, 4.69) is 61.8 Å². The van der Waals surface area contributed by atoms with Crippen LogP contribution in [0.15, 0.2) is 10.8 Å². The first-order valence-electron chi connectivity index (χ1n) is 8.72. The largest absolute Gasteiger partial charge is 0.363 e. The predicted molar refractivity (Wildman–Crippen MR) is 99.1 cm³/mol. The van der Waals surface area contributed by atoms with Crippen molar-refractivity contribution in [2.24, 2.45) is 0 Å². The van der Waals surface area contributed by atoms with E-state index < -0.39 is 0 Å². The minimum Gasteiger partial charge on any atom is -0.363 e. The molecule has 0 spiro atoms. The van der Waals surface area contributed by atoms with Gasteiger partial charge in [-0.25, -0.2) is 9.97 Å². The van der Waals surface area contributed by atoms with Crippen LogP contribution in [0.2, 0.25) is 0 Å². The summed E-state index contributed by atoms with van der Waals surface area (Å²) in [5.41, 5.74) is 0.223. The number of likely N-dealkylation sites (tertiary alicyclic amines) is 1. The minimum atomic E-state index is 0.223. The van der Waals surface area contributed by atoms with Crippen LogP contribution >= 0.6 is 15.9 Å². The van der Waals surface area contributed by atoms with Crippen LogP contribution in [0.5, 0.6) is 0 Å². The molecule has 3 heterocycles. The number of nitrogens with zero attached hydrogens (tertiary/aromatic N) is 4. The first-order chi connectivity index (χ1) is 10.9. The molecule has 0 aliphatic carbocycles. The number of piperidine rings is 1. The van der Waals surface area contributed by atoms with E-state index in [4.69, 9.17) is 0 Å². The Balaban J connectivity index is 1.75. The van der Waals surface area contributed by atoms with Crippen molar-refractivity contribution in [2.45, 2.75) is 58.0 Å². The molecule has 1 atom stereocenters. The van der Waals surface area contributed by atoms with E-state index in [-0.39, 0.29) is 5.54 Å². The fourth-order valence-corrected chi connectivity index (χ4v) is 3.80. The average Bonchev–Trinajstić information content (AvgIpc) is 3.01. The summed E-state index contributed by atoms with van der Waals surface area (Å²) in [6.07, 6.45) is 6.73. The maximum Gasteiger partial charge on any atom is 0.171 e. The van der Waals surface area contributed by atoms with Gasteiger partial charge in [0.05, 0.1) is 6.20 Å². The molecule has 2 aliphatic rings.